The number of nitrogens with one attached hydrogen (secondary N) is 1. The number of likely N-dealkylation sites (tertiary alicyclic amines) is 1. The third-order valence-corrected chi connectivity index (χ3v) is 2.97. The molecule has 0 aliphatic carbocycles. The van der Waals surface area contributed by atoms with Crippen LogP contribution in [0, 0.1) is 11.3 Å². The van der Waals surface area contributed by atoms with E-state index in [0.29, 0.717) is 12.5 Å². The van der Waals surface area contributed by atoms with Crippen LogP contribution in [0.25, 0.3) is 0 Å². The van der Waals surface area contributed by atoms with Gasteiger partial charge in [-0.25, -0.2) is 4.79 Å². The number of rotatable bonds is 2. The maximum atomic E-state index is 11.7. The number of hydrogen-bond donors (Lipinski definition) is 2. The summed E-state index contributed by atoms with van der Waals surface area (Å²) in [5, 5.41) is 2.91. The summed E-state index contributed by atoms with van der Waals surface area (Å²) in [7, 11) is 0. The SMILES string of the molecule is CC(C)CNC(=O)N1CC(N)C(C)(C)C1. The summed E-state index contributed by atoms with van der Waals surface area (Å²) in [4.78, 5) is 13.6. The molecule has 15 heavy (non-hydrogen) atoms. The summed E-state index contributed by atoms with van der Waals surface area (Å²) in [6.45, 7) is 10.5. The van der Waals surface area contributed by atoms with Crippen LogP contribution in [0.2, 0.25) is 0 Å². The summed E-state index contributed by atoms with van der Waals surface area (Å²) in [6, 6.07) is 0.104. The van der Waals surface area contributed by atoms with E-state index >= 15 is 0 Å². The highest BCUT2D eigenvalue weighted by molar-refractivity contribution is 5.74. The molecule has 0 bridgehead atoms. The highest BCUT2D eigenvalue weighted by Crippen LogP contribution is 2.27. The quantitative estimate of drug-likeness (QED) is 0.719. The van der Waals surface area contributed by atoms with Crippen LogP contribution in [0.1, 0.15) is 27.7 Å². The van der Waals surface area contributed by atoms with Crippen molar-refractivity contribution in [2.75, 3.05) is 19.6 Å². The van der Waals surface area contributed by atoms with Crippen molar-refractivity contribution in [3.8, 4) is 0 Å². The average molecular weight is 213 g/mol. The molecular formula is C11H23N3O. The van der Waals surface area contributed by atoms with E-state index in [1.165, 1.54) is 0 Å². The van der Waals surface area contributed by atoms with E-state index in [4.69, 9.17) is 5.73 Å². The Kier molecular flexibility index (Phi) is 3.60. The molecule has 0 radical (unpaired) electrons. The normalized spacial score (nSPS) is 24.7. The van der Waals surface area contributed by atoms with Gasteiger partial charge in [0.1, 0.15) is 0 Å². The molecule has 0 saturated carbocycles. The second-order valence-corrected chi connectivity index (χ2v) is 5.56. The van der Waals surface area contributed by atoms with E-state index < -0.39 is 0 Å². The number of hydrogen-bond acceptors (Lipinski definition) is 2. The molecule has 0 aromatic heterocycles. The molecule has 1 atom stereocenters. The summed E-state index contributed by atoms with van der Waals surface area (Å²) in [6.07, 6.45) is 0. The zero-order valence-electron chi connectivity index (χ0n) is 10.2. The van der Waals surface area contributed by atoms with Gasteiger partial charge in [0, 0.05) is 25.7 Å². The Morgan fingerprint density at radius 2 is 2.20 bits per heavy atom. The van der Waals surface area contributed by atoms with Crippen molar-refractivity contribution in [1.29, 1.82) is 0 Å². The molecule has 4 nitrogen and oxygen atoms in total. The van der Waals surface area contributed by atoms with Crippen LogP contribution < -0.4 is 11.1 Å². The first-order chi connectivity index (χ1) is 6.83. The van der Waals surface area contributed by atoms with Crippen molar-refractivity contribution >= 4 is 6.03 Å². The van der Waals surface area contributed by atoms with Crippen molar-refractivity contribution < 1.29 is 4.79 Å². The maximum Gasteiger partial charge on any atom is 0.317 e. The largest absolute Gasteiger partial charge is 0.338 e. The zero-order chi connectivity index (χ0) is 11.6. The maximum absolute atomic E-state index is 11.7. The highest BCUT2D eigenvalue weighted by Gasteiger charge is 2.38. The van der Waals surface area contributed by atoms with Crippen LogP contribution in [-0.4, -0.2) is 36.6 Å². The number of carbonyl (C=O) groups is 1. The molecule has 1 unspecified atom stereocenters. The van der Waals surface area contributed by atoms with E-state index in [1.54, 1.807) is 0 Å². The van der Waals surface area contributed by atoms with Gasteiger partial charge in [-0.3, -0.25) is 0 Å². The predicted molar refractivity (Wildman–Crippen MR) is 61.6 cm³/mol. The number of urea groups is 1. The summed E-state index contributed by atoms with van der Waals surface area (Å²) in [5.41, 5.74) is 6.01. The number of nitrogens with two attached hydrogens (primary N) is 1. The Labute approximate surface area is 92.2 Å². The fourth-order valence-corrected chi connectivity index (χ4v) is 1.72. The van der Waals surface area contributed by atoms with Gasteiger partial charge in [0.2, 0.25) is 0 Å². The van der Waals surface area contributed by atoms with E-state index in [-0.39, 0.29) is 17.5 Å². The van der Waals surface area contributed by atoms with Gasteiger partial charge in [-0.15, -0.1) is 0 Å². The van der Waals surface area contributed by atoms with Crippen molar-refractivity contribution in [2.24, 2.45) is 17.1 Å². The van der Waals surface area contributed by atoms with Crippen LogP contribution in [0.15, 0.2) is 0 Å². The molecule has 2 amide bonds. The third kappa shape index (κ3) is 3.09. The number of carbonyl (C=O) groups excluding carboxylic acids is 1. The Morgan fingerprint density at radius 3 is 2.60 bits per heavy atom. The fraction of sp³-hybridized carbons (Fsp3) is 0.909. The highest BCUT2D eigenvalue weighted by atomic mass is 16.2. The molecule has 1 aliphatic heterocycles. The van der Waals surface area contributed by atoms with Gasteiger partial charge in [-0.2, -0.15) is 0 Å². The average Bonchev–Trinajstić information content (AvgIpc) is 2.37. The Morgan fingerprint density at radius 1 is 1.60 bits per heavy atom. The lowest BCUT2D eigenvalue weighted by atomic mass is 9.89. The Hall–Kier alpha value is -0.770. The lowest BCUT2D eigenvalue weighted by Crippen LogP contribution is -2.41. The van der Waals surface area contributed by atoms with E-state index in [0.717, 1.165) is 13.1 Å². The monoisotopic (exact) mass is 213 g/mol. The summed E-state index contributed by atoms with van der Waals surface area (Å²) >= 11 is 0. The van der Waals surface area contributed by atoms with Gasteiger partial charge >= 0.3 is 6.03 Å². The molecule has 0 aromatic carbocycles. The second-order valence-electron chi connectivity index (χ2n) is 5.56. The smallest absolute Gasteiger partial charge is 0.317 e. The number of amides is 2. The predicted octanol–water partition coefficient (Wildman–Crippen LogP) is 1.02. The van der Waals surface area contributed by atoms with Gasteiger partial charge in [0.15, 0.2) is 0 Å². The Balaban J connectivity index is 2.43. The lowest BCUT2D eigenvalue weighted by Gasteiger charge is -2.22. The lowest BCUT2D eigenvalue weighted by molar-refractivity contribution is 0.202. The first-order valence-corrected chi connectivity index (χ1v) is 5.61. The molecule has 88 valence electrons. The standard InChI is InChI=1S/C11H23N3O/c1-8(2)5-13-10(15)14-6-9(12)11(3,4)7-14/h8-9H,5-7,12H2,1-4H3,(H,13,15). The van der Waals surface area contributed by atoms with Crippen molar-refractivity contribution in [3.05, 3.63) is 0 Å². The van der Waals surface area contributed by atoms with E-state index in [2.05, 4.69) is 33.0 Å². The fourth-order valence-electron chi connectivity index (χ4n) is 1.72. The van der Waals surface area contributed by atoms with Crippen LogP contribution in [0.4, 0.5) is 4.79 Å². The van der Waals surface area contributed by atoms with Gasteiger partial charge in [-0.1, -0.05) is 27.7 Å². The van der Waals surface area contributed by atoms with Crippen molar-refractivity contribution in [2.45, 2.75) is 33.7 Å². The minimum Gasteiger partial charge on any atom is -0.338 e. The molecule has 0 aromatic rings. The first-order valence-electron chi connectivity index (χ1n) is 5.61. The molecule has 3 N–H and O–H groups in total. The third-order valence-electron chi connectivity index (χ3n) is 2.97. The van der Waals surface area contributed by atoms with Gasteiger partial charge in [0.05, 0.1) is 0 Å². The van der Waals surface area contributed by atoms with Crippen LogP contribution in [0.5, 0.6) is 0 Å². The Bertz CT molecular complexity index is 238. The molecule has 1 saturated heterocycles. The zero-order valence-corrected chi connectivity index (χ0v) is 10.2. The molecule has 1 heterocycles. The summed E-state index contributed by atoms with van der Waals surface area (Å²) in [5.74, 6) is 0.484. The van der Waals surface area contributed by atoms with E-state index in [9.17, 15) is 4.79 Å². The second kappa shape index (κ2) is 4.39. The molecule has 1 rings (SSSR count). The van der Waals surface area contributed by atoms with E-state index in [1.807, 2.05) is 4.90 Å². The molecule has 4 heteroatoms. The van der Waals surface area contributed by atoms with Crippen LogP contribution >= 0.6 is 0 Å². The van der Waals surface area contributed by atoms with Crippen molar-refractivity contribution in [1.82, 2.24) is 10.2 Å². The van der Waals surface area contributed by atoms with Crippen LogP contribution in [0.3, 0.4) is 0 Å². The van der Waals surface area contributed by atoms with Gasteiger partial charge < -0.3 is 16.0 Å². The molecular weight excluding hydrogens is 190 g/mol. The number of nitrogens with zero attached hydrogens (tertiary/aromatic N) is 1. The molecule has 0 spiro atoms. The molecule has 1 fully saturated rings. The van der Waals surface area contributed by atoms with Crippen LogP contribution in [-0.2, 0) is 0 Å². The van der Waals surface area contributed by atoms with Gasteiger partial charge in [0.25, 0.3) is 0 Å². The minimum absolute atomic E-state index is 0.0183. The minimum atomic E-state index is 0.0183. The first kappa shape index (κ1) is 12.3. The summed E-state index contributed by atoms with van der Waals surface area (Å²) < 4.78 is 0. The van der Waals surface area contributed by atoms with Crippen molar-refractivity contribution in [3.63, 3.8) is 0 Å². The topological polar surface area (TPSA) is 58.4 Å². The molecule has 1 aliphatic rings. The van der Waals surface area contributed by atoms with Gasteiger partial charge in [-0.05, 0) is 11.3 Å².